The Labute approximate surface area is 213 Å². The number of ether oxygens (including phenoxy) is 2. The van der Waals surface area contributed by atoms with Gasteiger partial charge in [-0.15, -0.1) is 0 Å². The molecule has 7 aliphatic rings. The Morgan fingerprint density at radius 3 is 2.22 bits per heavy atom. The van der Waals surface area contributed by atoms with Crippen molar-refractivity contribution in [2.45, 2.75) is 90.6 Å². The van der Waals surface area contributed by atoms with Crippen molar-refractivity contribution in [1.82, 2.24) is 0 Å². The lowest BCUT2D eigenvalue weighted by Gasteiger charge is -2.47. The quantitative estimate of drug-likeness (QED) is 0.391. The highest BCUT2D eigenvalue weighted by Crippen LogP contribution is 2.78. The van der Waals surface area contributed by atoms with Crippen LogP contribution in [-0.4, -0.2) is 45.6 Å². The van der Waals surface area contributed by atoms with Crippen LogP contribution < -0.4 is 0 Å². The number of carbonyl (C=O) groups excluding carboxylic acids is 2. The molecule has 6 heteroatoms. The first kappa shape index (κ1) is 23.5. The molecule has 5 aliphatic carbocycles. The third kappa shape index (κ3) is 2.43. The van der Waals surface area contributed by atoms with E-state index in [1.54, 1.807) is 0 Å². The second-order valence-corrected chi connectivity index (χ2v) is 13.9. The standard InChI is InChI=1S/C30H40O6/c1-12-11-18-20-21(30(12)24(18)29(6,34)10-8-17-14(3)27(32)36-25(17)30)15(4)19-22(20)28(5,33)9-7-16-13(2)26(31)35-23(16)19/h11,13-14,16-18,20-25,33-34H,7-10H2,1-6H3/t13-,14-,16-,17-,18+,20-,21-,22-,23-,24-,25-,28+,29-,30+/m0/s1. The van der Waals surface area contributed by atoms with Gasteiger partial charge in [0.15, 0.2) is 0 Å². The molecule has 0 amide bonds. The lowest BCUT2D eigenvalue weighted by Crippen LogP contribution is -2.51. The summed E-state index contributed by atoms with van der Waals surface area (Å²) in [4.78, 5) is 25.7. The van der Waals surface area contributed by atoms with Gasteiger partial charge >= 0.3 is 11.9 Å². The number of carbonyl (C=O) groups is 2. The average Bonchev–Trinajstić information content (AvgIpc) is 3.49. The van der Waals surface area contributed by atoms with Crippen LogP contribution in [-0.2, 0) is 19.1 Å². The lowest BCUT2D eigenvalue weighted by molar-refractivity contribution is -0.153. The van der Waals surface area contributed by atoms with Crippen molar-refractivity contribution in [3.8, 4) is 0 Å². The molecule has 0 aromatic heterocycles. The fourth-order valence-electron chi connectivity index (χ4n) is 11.0. The van der Waals surface area contributed by atoms with Crippen molar-refractivity contribution in [1.29, 1.82) is 0 Å². The molecule has 6 nitrogen and oxygen atoms in total. The summed E-state index contributed by atoms with van der Waals surface area (Å²) in [6, 6.07) is 0. The maximum Gasteiger partial charge on any atom is 0.309 e. The van der Waals surface area contributed by atoms with E-state index < -0.39 is 16.6 Å². The smallest absolute Gasteiger partial charge is 0.309 e. The van der Waals surface area contributed by atoms with Gasteiger partial charge in [0.25, 0.3) is 0 Å². The van der Waals surface area contributed by atoms with Gasteiger partial charge in [-0.1, -0.05) is 31.1 Å². The Kier molecular flexibility index (Phi) is 4.46. The second-order valence-electron chi connectivity index (χ2n) is 13.9. The molecule has 0 spiro atoms. The monoisotopic (exact) mass is 496 g/mol. The van der Waals surface area contributed by atoms with E-state index in [9.17, 15) is 19.8 Å². The summed E-state index contributed by atoms with van der Waals surface area (Å²) >= 11 is 0. The molecule has 36 heavy (non-hydrogen) atoms. The summed E-state index contributed by atoms with van der Waals surface area (Å²) in [5.41, 5.74) is 1.23. The Hall–Kier alpha value is -1.66. The van der Waals surface area contributed by atoms with Crippen LogP contribution in [0.4, 0.5) is 0 Å². The molecule has 0 aromatic rings. The average molecular weight is 497 g/mol. The van der Waals surface area contributed by atoms with Crippen molar-refractivity contribution < 1.29 is 29.3 Å². The van der Waals surface area contributed by atoms with E-state index in [0.29, 0.717) is 12.8 Å². The zero-order valence-electron chi connectivity index (χ0n) is 22.3. The van der Waals surface area contributed by atoms with Crippen LogP contribution in [0.1, 0.15) is 67.2 Å². The Bertz CT molecular complexity index is 1130. The predicted molar refractivity (Wildman–Crippen MR) is 131 cm³/mol. The summed E-state index contributed by atoms with van der Waals surface area (Å²) in [6.45, 7) is 12.2. The summed E-state index contributed by atoms with van der Waals surface area (Å²) < 4.78 is 12.4. The van der Waals surface area contributed by atoms with Gasteiger partial charge in [-0.3, -0.25) is 9.59 Å². The summed E-state index contributed by atoms with van der Waals surface area (Å²) in [5.74, 6) is -0.460. The van der Waals surface area contributed by atoms with Crippen molar-refractivity contribution in [2.24, 2.45) is 58.7 Å². The van der Waals surface area contributed by atoms with Crippen molar-refractivity contribution in [2.75, 3.05) is 0 Å². The molecule has 0 unspecified atom stereocenters. The van der Waals surface area contributed by atoms with Gasteiger partial charge in [-0.05, 0) is 76.7 Å². The van der Waals surface area contributed by atoms with Gasteiger partial charge in [0, 0.05) is 29.1 Å². The molecule has 0 aromatic carbocycles. The van der Waals surface area contributed by atoms with Gasteiger partial charge in [0.05, 0.1) is 23.0 Å². The van der Waals surface area contributed by atoms with Crippen molar-refractivity contribution in [3.63, 3.8) is 0 Å². The minimum absolute atomic E-state index is 0.0486. The van der Waals surface area contributed by atoms with Gasteiger partial charge < -0.3 is 19.7 Å². The van der Waals surface area contributed by atoms with E-state index in [4.69, 9.17) is 9.47 Å². The Balaban J connectivity index is 1.47. The minimum atomic E-state index is -0.931. The minimum Gasteiger partial charge on any atom is -0.461 e. The van der Waals surface area contributed by atoms with Crippen LogP contribution in [0.5, 0.6) is 0 Å². The van der Waals surface area contributed by atoms with Crippen LogP contribution >= 0.6 is 0 Å². The van der Waals surface area contributed by atoms with Crippen LogP contribution in [0.25, 0.3) is 0 Å². The summed E-state index contributed by atoms with van der Waals surface area (Å²) in [5, 5.41) is 24.1. The van der Waals surface area contributed by atoms with Gasteiger partial charge in [-0.25, -0.2) is 0 Å². The second kappa shape index (κ2) is 6.85. The van der Waals surface area contributed by atoms with E-state index in [-0.39, 0.29) is 77.4 Å². The highest BCUT2D eigenvalue weighted by Gasteiger charge is 2.78. The molecule has 5 fully saturated rings. The van der Waals surface area contributed by atoms with Crippen LogP contribution in [0.2, 0.25) is 0 Å². The molecule has 2 aliphatic heterocycles. The molecule has 0 radical (unpaired) electrons. The highest BCUT2D eigenvalue weighted by atomic mass is 16.6. The van der Waals surface area contributed by atoms with Gasteiger partial charge in [-0.2, -0.15) is 0 Å². The summed E-state index contributed by atoms with van der Waals surface area (Å²) in [7, 11) is 0. The zero-order valence-corrected chi connectivity index (χ0v) is 22.3. The third-order valence-corrected chi connectivity index (χ3v) is 12.4. The maximum atomic E-state index is 13.0. The lowest BCUT2D eigenvalue weighted by atomic mass is 9.58. The SMILES string of the molecule is CC1=C[C@@H]2[C@H]3[C@H](C(C)=C4[C@H]5OC(=O)[C@@H](C)[C@@H]5CC[C@@](C)(O)[C@@H]43)[C@@]13[C@@H]2[C@@](C)(O)CC[C@H]1[C@H](C)C(=O)O[C@@H]13. The fourth-order valence-corrected chi connectivity index (χ4v) is 11.0. The Morgan fingerprint density at radius 1 is 0.889 bits per heavy atom. The molecule has 14 atom stereocenters. The van der Waals surface area contributed by atoms with Crippen LogP contribution in [0, 0.1) is 58.7 Å². The maximum absolute atomic E-state index is 13.0. The fraction of sp³-hybridized carbons (Fsp3) is 0.800. The van der Waals surface area contributed by atoms with Crippen molar-refractivity contribution >= 4 is 11.9 Å². The first-order valence-electron chi connectivity index (χ1n) is 14.1. The normalized spacial score (nSPS) is 58.8. The molecular weight excluding hydrogens is 456 g/mol. The molecule has 2 heterocycles. The van der Waals surface area contributed by atoms with Crippen molar-refractivity contribution in [3.05, 3.63) is 22.8 Å². The molecule has 7 rings (SSSR count). The molecule has 2 N–H and O–H groups in total. The number of rotatable bonds is 0. The van der Waals surface area contributed by atoms with E-state index in [0.717, 1.165) is 18.4 Å². The summed E-state index contributed by atoms with van der Waals surface area (Å²) in [6.07, 6.45) is 4.59. The van der Waals surface area contributed by atoms with Crippen LogP contribution in [0.15, 0.2) is 22.8 Å². The third-order valence-electron chi connectivity index (χ3n) is 12.4. The van der Waals surface area contributed by atoms with Gasteiger partial charge in [0.1, 0.15) is 12.2 Å². The zero-order chi connectivity index (χ0) is 25.7. The molecular formula is C30H40O6. The number of hydrogen-bond donors (Lipinski definition) is 2. The predicted octanol–water partition coefficient (Wildman–Crippen LogP) is 3.80. The Morgan fingerprint density at radius 2 is 1.50 bits per heavy atom. The van der Waals surface area contributed by atoms with Crippen LogP contribution in [0.3, 0.4) is 0 Å². The van der Waals surface area contributed by atoms with Gasteiger partial charge in [0.2, 0.25) is 0 Å². The van der Waals surface area contributed by atoms with E-state index in [2.05, 4.69) is 19.9 Å². The number of aliphatic hydroxyl groups is 2. The van der Waals surface area contributed by atoms with E-state index >= 15 is 0 Å². The molecule has 2 bridgehead atoms. The van der Waals surface area contributed by atoms with E-state index in [1.807, 2.05) is 27.7 Å². The first-order chi connectivity index (χ1) is 16.8. The largest absolute Gasteiger partial charge is 0.461 e. The van der Waals surface area contributed by atoms with E-state index in [1.165, 1.54) is 11.1 Å². The highest BCUT2D eigenvalue weighted by molar-refractivity contribution is 5.76. The molecule has 2 saturated heterocycles. The number of hydrogen-bond acceptors (Lipinski definition) is 6. The number of allylic oxidation sites excluding steroid dienone is 2. The molecule has 3 saturated carbocycles. The first-order valence-corrected chi connectivity index (χ1v) is 14.1. The molecule has 196 valence electrons. The number of fused-ring (bicyclic) bond motifs is 7. The number of esters is 2. The topological polar surface area (TPSA) is 93.1 Å².